The first-order valence-corrected chi connectivity index (χ1v) is 9.99. The number of benzene rings is 2. The molecule has 0 bridgehead atoms. The molecule has 0 spiro atoms. The lowest BCUT2D eigenvalue weighted by molar-refractivity contribution is -0.122. The Morgan fingerprint density at radius 1 is 1.21 bits per heavy atom. The number of hydrogen-bond donors (Lipinski definition) is 2. The van der Waals surface area contributed by atoms with Crippen molar-refractivity contribution in [3.05, 3.63) is 59.2 Å². The van der Waals surface area contributed by atoms with E-state index in [2.05, 4.69) is 11.4 Å². The molecule has 2 aromatic rings. The third-order valence-corrected chi connectivity index (χ3v) is 5.83. The second-order valence-corrected chi connectivity index (χ2v) is 8.13. The van der Waals surface area contributed by atoms with Gasteiger partial charge in [0.25, 0.3) is 0 Å². The summed E-state index contributed by atoms with van der Waals surface area (Å²) in [5.74, 6) is 1.24. The number of nitrogens with zero attached hydrogens (tertiary/aromatic N) is 1. The topological polar surface area (TPSA) is 61.8 Å². The zero-order valence-electron chi connectivity index (χ0n) is 16.5. The van der Waals surface area contributed by atoms with Gasteiger partial charge in [-0.15, -0.1) is 0 Å². The molecule has 0 saturated heterocycles. The predicted molar refractivity (Wildman–Crippen MR) is 110 cm³/mol. The zero-order chi connectivity index (χ0) is 19.7. The number of fused-ring (bicyclic) bond motifs is 1. The zero-order valence-corrected chi connectivity index (χ0v) is 16.5. The molecule has 0 unspecified atom stereocenters. The van der Waals surface area contributed by atoms with E-state index in [1.807, 2.05) is 55.4 Å². The first-order chi connectivity index (χ1) is 13.5. The molecule has 0 radical (unpaired) electrons. The number of ether oxygens (including phenoxy) is 1. The molecular formula is C23H28N2O3. The average Bonchev–Trinajstić information content (AvgIpc) is 3.12. The Hall–Kier alpha value is -2.53. The van der Waals surface area contributed by atoms with Crippen LogP contribution in [-0.4, -0.2) is 37.8 Å². The average molecular weight is 380 g/mol. The fraction of sp³-hybridized carbons (Fsp3) is 0.435. The van der Waals surface area contributed by atoms with Crippen molar-refractivity contribution in [2.75, 3.05) is 25.6 Å². The molecular weight excluding hydrogens is 352 g/mol. The van der Waals surface area contributed by atoms with Gasteiger partial charge in [-0.1, -0.05) is 18.2 Å². The van der Waals surface area contributed by atoms with Gasteiger partial charge in [0.15, 0.2) is 0 Å². The molecule has 5 nitrogen and oxygen atoms in total. The molecule has 1 fully saturated rings. The first-order valence-electron chi connectivity index (χ1n) is 9.99. The Bertz CT molecular complexity index is 841. The maximum Gasteiger partial charge on any atom is 0.224 e. The summed E-state index contributed by atoms with van der Waals surface area (Å²) in [5, 5.41) is 13.0. The second-order valence-electron chi connectivity index (χ2n) is 8.13. The second kappa shape index (κ2) is 7.84. The SMILES string of the molecule is CN(C)c1ccc(CC(=O)N[C@H](c2ccc3c(c2)CCO3)C2CC(O)C2)cc1. The van der Waals surface area contributed by atoms with Crippen LogP contribution in [0.25, 0.3) is 0 Å². The van der Waals surface area contributed by atoms with E-state index in [0.29, 0.717) is 6.42 Å². The number of aliphatic hydroxyl groups excluding tert-OH is 1. The lowest BCUT2D eigenvalue weighted by Crippen LogP contribution is -2.41. The van der Waals surface area contributed by atoms with Crippen molar-refractivity contribution >= 4 is 11.6 Å². The highest BCUT2D eigenvalue weighted by Crippen LogP contribution is 2.39. The lowest BCUT2D eigenvalue weighted by Gasteiger charge is -2.38. The van der Waals surface area contributed by atoms with Gasteiger partial charge in [0.1, 0.15) is 5.75 Å². The van der Waals surface area contributed by atoms with Crippen molar-refractivity contribution in [1.29, 1.82) is 0 Å². The Morgan fingerprint density at radius 3 is 2.64 bits per heavy atom. The van der Waals surface area contributed by atoms with Crippen LogP contribution in [0.1, 0.15) is 35.6 Å². The maximum atomic E-state index is 12.8. The fourth-order valence-corrected chi connectivity index (χ4v) is 4.10. The Balaban J connectivity index is 1.47. The van der Waals surface area contributed by atoms with Gasteiger partial charge in [-0.25, -0.2) is 0 Å². The summed E-state index contributed by atoms with van der Waals surface area (Å²) in [6.07, 6.45) is 2.48. The monoisotopic (exact) mass is 380 g/mol. The molecule has 0 aromatic heterocycles. The largest absolute Gasteiger partial charge is 0.493 e. The van der Waals surface area contributed by atoms with Crippen molar-refractivity contribution < 1.29 is 14.6 Å². The minimum absolute atomic E-state index is 0.0146. The van der Waals surface area contributed by atoms with Crippen LogP contribution in [0, 0.1) is 5.92 Å². The van der Waals surface area contributed by atoms with Gasteiger partial charge in [0.05, 0.1) is 25.2 Å². The summed E-state index contributed by atoms with van der Waals surface area (Å²) in [6, 6.07) is 14.2. The summed E-state index contributed by atoms with van der Waals surface area (Å²) in [6.45, 7) is 0.723. The summed E-state index contributed by atoms with van der Waals surface area (Å²) < 4.78 is 5.61. The number of anilines is 1. The van der Waals surface area contributed by atoms with Crippen LogP contribution >= 0.6 is 0 Å². The normalized spacial score (nSPS) is 21.2. The van der Waals surface area contributed by atoms with E-state index in [1.54, 1.807) is 0 Å². The van der Waals surface area contributed by atoms with Crippen molar-refractivity contribution in [2.24, 2.45) is 5.92 Å². The Morgan fingerprint density at radius 2 is 1.96 bits per heavy atom. The minimum atomic E-state index is -0.249. The third-order valence-electron chi connectivity index (χ3n) is 5.83. The van der Waals surface area contributed by atoms with E-state index < -0.39 is 0 Å². The molecule has 4 rings (SSSR count). The van der Waals surface area contributed by atoms with E-state index in [-0.39, 0.29) is 24.0 Å². The lowest BCUT2D eigenvalue weighted by atomic mass is 9.74. The number of carbonyl (C=O) groups is 1. The molecule has 1 aliphatic heterocycles. The molecule has 2 aliphatic rings. The quantitative estimate of drug-likeness (QED) is 0.809. The van der Waals surface area contributed by atoms with Gasteiger partial charge in [-0.3, -0.25) is 4.79 Å². The van der Waals surface area contributed by atoms with E-state index in [9.17, 15) is 9.90 Å². The molecule has 5 heteroatoms. The smallest absolute Gasteiger partial charge is 0.224 e. The number of nitrogens with one attached hydrogen (secondary N) is 1. The molecule has 2 N–H and O–H groups in total. The Kier molecular flexibility index (Phi) is 5.27. The molecule has 2 aromatic carbocycles. The van der Waals surface area contributed by atoms with Crippen LogP contribution in [0.5, 0.6) is 5.75 Å². The van der Waals surface area contributed by atoms with Crippen LogP contribution in [0.4, 0.5) is 5.69 Å². The number of hydrogen-bond acceptors (Lipinski definition) is 4. The van der Waals surface area contributed by atoms with Gasteiger partial charge in [-0.2, -0.15) is 0 Å². The number of carbonyl (C=O) groups excluding carboxylic acids is 1. The number of amides is 1. The fourth-order valence-electron chi connectivity index (χ4n) is 4.10. The van der Waals surface area contributed by atoms with Crippen molar-refractivity contribution in [2.45, 2.75) is 37.8 Å². The van der Waals surface area contributed by atoms with Crippen LogP contribution < -0.4 is 15.0 Å². The van der Waals surface area contributed by atoms with E-state index in [0.717, 1.165) is 48.4 Å². The summed E-state index contributed by atoms with van der Waals surface area (Å²) >= 11 is 0. The molecule has 1 aliphatic carbocycles. The van der Waals surface area contributed by atoms with Crippen molar-refractivity contribution in [1.82, 2.24) is 5.32 Å². The van der Waals surface area contributed by atoms with Gasteiger partial charge in [0, 0.05) is 26.2 Å². The maximum absolute atomic E-state index is 12.8. The van der Waals surface area contributed by atoms with E-state index >= 15 is 0 Å². The van der Waals surface area contributed by atoms with Crippen LogP contribution in [0.3, 0.4) is 0 Å². The molecule has 1 saturated carbocycles. The highest BCUT2D eigenvalue weighted by atomic mass is 16.5. The highest BCUT2D eigenvalue weighted by Gasteiger charge is 2.36. The summed E-state index contributed by atoms with van der Waals surface area (Å²) in [7, 11) is 4.00. The van der Waals surface area contributed by atoms with Crippen LogP contribution in [0.15, 0.2) is 42.5 Å². The van der Waals surface area contributed by atoms with Gasteiger partial charge in [-0.05, 0) is 59.7 Å². The van der Waals surface area contributed by atoms with Gasteiger partial charge in [0.2, 0.25) is 5.91 Å². The molecule has 1 amide bonds. The summed E-state index contributed by atoms with van der Waals surface area (Å²) in [4.78, 5) is 14.8. The Labute approximate surface area is 166 Å². The molecule has 1 heterocycles. The number of rotatable bonds is 6. The third kappa shape index (κ3) is 3.99. The summed E-state index contributed by atoms with van der Waals surface area (Å²) in [5.41, 5.74) is 4.43. The predicted octanol–water partition coefficient (Wildman–Crippen LogP) is 2.86. The van der Waals surface area contributed by atoms with Gasteiger partial charge >= 0.3 is 0 Å². The number of aliphatic hydroxyl groups is 1. The van der Waals surface area contributed by atoms with Gasteiger partial charge < -0.3 is 20.1 Å². The van der Waals surface area contributed by atoms with E-state index in [4.69, 9.17) is 4.74 Å². The molecule has 28 heavy (non-hydrogen) atoms. The van der Waals surface area contributed by atoms with E-state index in [1.165, 1.54) is 5.56 Å². The van der Waals surface area contributed by atoms with Crippen LogP contribution in [-0.2, 0) is 17.6 Å². The minimum Gasteiger partial charge on any atom is -0.493 e. The van der Waals surface area contributed by atoms with Crippen molar-refractivity contribution in [3.63, 3.8) is 0 Å². The standard InChI is InChI=1S/C23H28N2O3/c1-25(2)19-6-3-15(4-7-19)11-22(27)24-23(18-13-20(26)14-18)17-5-8-21-16(12-17)9-10-28-21/h3-8,12,18,20,23,26H,9-11,13-14H2,1-2H3,(H,24,27)/t18?,20?,23-/m1/s1. The van der Waals surface area contributed by atoms with Crippen LogP contribution in [0.2, 0.25) is 0 Å². The van der Waals surface area contributed by atoms with Crippen molar-refractivity contribution in [3.8, 4) is 5.75 Å². The molecule has 1 atom stereocenters. The molecule has 148 valence electrons. The first kappa shape index (κ1) is 18.8. The highest BCUT2D eigenvalue weighted by molar-refractivity contribution is 5.79.